The molecule has 0 saturated carbocycles. The predicted molar refractivity (Wildman–Crippen MR) is 60.6 cm³/mol. The fraction of sp³-hybridized carbons (Fsp3) is 0.167. The van der Waals surface area contributed by atoms with Gasteiger partial charge >= 0.3 is 11.9 Å². The SMILES string of the molecule is COC(=O)/C=C/c1ccccc1OCC(=O)O. The third kappa shape index (κ3) is 4.38. The number of carbonyl (C=O) groups excluding carboxylic acids is 1. The largest absolute Gasteiger partial charge is 0.481 e. The zero-order chi connectivity index (χ0) is 12.7. The van der Waals surface area contributed by atoms with Crippen LogP contribution in [0.5, 0.6) is 5.75 Å². The maximum Gasteiger partial charge on any atom is 0.341 e. The van der Waals surface area contributed by atoms with E-state index in [0.717, 1.165) is 0 Å². The van der Waals surface area contributed by atoms with E-state index in [-0.39, 0.29) is 0 Å². The van der Waals surface area contributed by atoms with Gasteiger partial charge in [-0.2, -0.15) is 0 Å². The van der Waals surface area contributed by atoms with Gasteiger partial charge in [-0.25, -0.2) is 9.59 Å². The first kappa shape index (κ1) is 12.8. The Bertz CT molecular complexity index is 436. The third-order valence-corrected chi connectivity index (χ3v) is 1.87. The van der Waals surface area contributed by atoms with Crippen LogP contribution in [-0.4, -0.2) is 30.8 Å². The summed E-state index contributed by atoms with van der Waals surface area (Å²) in [5.74, 6) is -1.15. The summed E-state index contributed by atoms with van der Waals surface area (Å²) in [5.41, 5.74) is 0.610. The molecule has 1 N–H and O–H groups in total. The molecule has 0 aliphatic carbocycles. The molecule has 0 atom stereocenters. The van der Waals surface area contributed by atoms with E-state index in [1.54, 1.807) is 24.3 Å². The van der Waals surface area contributed by atoms with Crippen LogP contribution in [0.25, 0.3) is 6.08 Å². The fourth-order valence-electron chi connectivity index (χ4n) is 1.12. The number of carboxylic acids is 1. The number of esters is 1. The van der Waals surface area contributed by atoms with E-state index in [0.29, 0.717) is 11.3 Å². The van der Waals surface area contributed by atoms with E-state index in [2.05, 4.69) is 4.74 Å². The number of carboxylic acid groups (broad SMARTS) is 1. The highest BCUT2D eigenvalue weighted by atomic mass is 16.5. The molecule has 1 aromatic carbocycles. The number of methoxy groups -OCH3 is 1. The first-order chi connectivity index (χ1) is 8.13. The van der Waals surface area contributed by atoms with Gasteiger partial charge in [0.25, 0.3) is 0 Å². The average molecular weight is 236 g/mol. The predicted octanol–water partition coefficient (Wildman–Crippen LogP) is 1.34. The topological polar surface area (TPSA) is 72.8 Å². The van der Waals surface area contributed by atoms with Crippen molar-refractivity contribution in [3.05, 3.63) is 35.9 Å². The molecule has 0 heterocycles. The first-order valence-electron chi connectivity index (χ1n) is 4.83. The van der Waals surface area contributed by atoms with Crippen molar-refractivity contribution in [2.45, 2.75) is 0 Å². The highest BCUT2D eigenvalue weighted by Crippen LogP contribution is 2.19. The summed E-state index contributed by atoms with van der Waals surface area (Å²) in [4.78, 5) is 21.3. The molecule has 0 saturated heterocycles. The number of ether oxygens (including phenoxy) is 2. The summed E-state index contributed by atoms with van der Waals surface area (Å²) < 4.78 is 9.51. The Morgan fingerprint density at radius 3 is 2.71 bits per heavy atom. The maximum absolute atomic E-state index is 10.9. The number of carbonyl (C=O) groups is 2. The molecule has 1 rings (SSSR count). The molecular formula is C12H12O5. The van der Waals surface area contributed by atoms with Gasteiger partial charge in [0.2, 0.25) is 0 Å². The van der Waals surface area contributed by atoms with Crippen LogP contribution in [0.4, 0.5) is 0 Å². The van der Waals surface area contributed by atoms with Crippen molar-refractivity contribution in [1.82, 2.24) is 0 Å². The van der Waals surface area contributed by atoms with Gasteiger partial charge in [0.15, 0.2) is 6.61 Å². The fourth-order valence-corrected chi connectivity index (χ4v) is 1.12. The molecule has 1 aromatic rings. The van der Waals surface area contributed by atoms with Crippen molar-refractivity contribution in [3.63, 3.8) is 0 Å². The molecule has 0 unspecified atom stereocenters. The Morgan fingerprint density at radius 2 is 2.06 bits per heavy atom. The molecule has 0 aliphatic rings. The number of rotatable bonds is 5. The van der Waals surface area contributed by atoms with Gasteiger partial charge in [-0.15, -0.1) is 0 Å². The molecule has 17 heavy (non-hydrogen) atoms. The van der Waals surface area contributed by atoms with Crippen molar-refractivity contribution >= 4 is 18.0 Å². The second kappa shape index (κ2) is 6.32. The molecule has 0 spiro atoms. The van der Waals surface area contributed by atoms with Crippen LogP contribution in [0.1, 0.15) is 5.56 Å². The molecule has 0 amide bonds. The summed E-state index contributed by atoms with van der Waals surface area (Å²) >= 11 is 0. The molecule has 90 valence electrons. The van der Waals surface area contributed by atoms with Crippen molar-refractivity contribution in [2.24, 2.45) is 0 Å². The van der Waals surface area contributed by atoms with E-state index in [4.69, 9.17) is 9.84 Å². The van der Waals surface area contributed by atoms with Crippen molar-refractivity contribution in [2.75, 3.05) is 13.7 Å². The average Bonchev–Trinajstić information content (AvgIpc) is 2.34. The van der Waals surface area contributed by atoms with Gasteiger partial charge in [-0.1, -0.05) is 18.2 Å². The van der Waals surface area contributed by atoms with E-state index >= 15 is 0 Å². The molecule has 0 bridgehead atoms. The summed E-state index contributed by atoms with van der Waals surface area (Å²) in [7, 11) is 1.28. The molecule has 0 aromatic heterocycles. The lowest BCUT2D eigenvalue weighted by atomic mass is 10.2. The van der Waals surface area contributed by atoms with Crippen LogP contribution < -0.4 is 4.74 Å². The summed E-state index contributed by atoms with van der Waals surface area (Å²) in [5, 5.41) is 8.50. The van der Waals surface area contributed by atoms with E-state index in [1.165, 1.54) is 19.3 Å². The highest BCUT2D eigenvalue weighted by Gasteiger charge is 2.03. The second-order valence-electron chi connectivity index (χ2n) is 3.08. The third-order valence-electron chi connectivity index (χ3n) is 1.87. The van der Waals surface area contributed by atoms with Gasteiger partial charge in [0.1, 0.15) is 5.75 Å². The van der Waals surface area contributed by atoms with Crippen LogP contribution in [0, 0.1) is 0 Å². The van der Waals surface area contributed by atoms with Crippen LogP contribution in [0.2, 0.25) is 0 Å². The van der Waals surface area contributed by atoms with Gasteiger partial charge in [0.05, 0.1) is 7.11 Å². The molecule has 0 radical (unpaired) electrons. The molecule has 0 fully saturated rings. The van der Waals surface area contributed by atoms with Crippen molar-refractivity contribution in [3.8, 4) is 5.75 Å². The summed E-state index contributed by atoms with van der Waals surface area (Å²) in [6.07, 6.45) is 2.74. The minimum absolute atomic E-state index is 0.398. The molecule has 0 aliphatic heterocycles. The van der Waals surface area contributed by atoms with E-state index in [9.17, 15) is 9.59 Å². The lowest BCUT2D eigenvalue weighted by molar-refractivity contribution is -0.139. The number of benzene rings is 1. The van der Waals surface area contributed by atoms with E-state index in [1.807, 2.05) is 0 Å². The summed E-state index contributed by atoms with van der Waals surface area (Å²) in [6, 6.07) is 6.80. The minimum atomic E-state index is -1.06. The molecular weight excluding hydrogens is 224 g/mol. The van der Waals surface area contributed by atoms with Crippen molar-refractivity contribution in [1.29, 1.82) is 0 Å². The Kier molecular flexibility index (Phi) is 4.75. The first-order valence-corrected chi connectivity index (χ1v) is 4.83. The lowest BCUT2D eigenvalue weighted by Crippen LogP contribution is -2.09. The quantitative estimate of drug-likeness (QED) is 0.616. The van der Waals surface area contributed by atoms with E-state index < -0.39 is 18.5 Å². The van der Waals surface area contributed by atoms with Crippen LogP contribution in [-0.2, 0) is 14.3 Å². The van der Waals surface area contributed by atoms with Gasteiger partial charge in [0, 0.05) is 11.6 Å². The molecule has 5 heteroatoms. The Hall–Kier alpha value is -2.30. The summed E-state index contributed by atoms with van der Waals surface area (Å²) in [6.45, 7) is -0.428. The number of para-hydroxylation sites is 1. The number of aliphatic carboxylic acids is 1. The lowest BCUT2D eigenvalue weighted by Gasteiger charge is -2.06. The van der Waals surface area contributed by atoms with Gasteiger partial charge < -0.3 is 14.6 Å². The van der Waals surface area contributed by atoms with Gasteiger partial charge in [-0.05, 0) is 12.1 Å². The monoisotopic (exact) mass is 236 g/mol. The normalized spacial score (nSPS) is 10.2. The smallest absolute Gasteiger partial charge is 0.341 e. The molecule has 5 nitrogen and oxygen atoms in total. The van der Waals surface area contributed by atoms with Crippen LogP contribution >= 0.6 is 0 Å². The van der Waals surface area contributed by atoms with Crippen molar-refractivity contribution < 1.29 is 24.2 Å². The zero-order valence-electron chi connectivity index (χ0n) is 9.25. The standard InChI is InChI=1S/C12H12O5/c1-16-12(15)7-6-9-4-2-3-5-10(9)17-8-11(13)14/h2-7H,8H2,1H3,(H,13,14)/b7-6+. The van der Waals surface area contributed by atoms with Gasteiger partial charge in [-0.3, -0.25) is 0 Å². The highest BCUT2D eigenvalue weighted by molar-refractivity contribution is 5.87. The maximum atomic E-state index is 10.9. The Balaban J connectivity index is 2.80. The second-order valence-corrected chi connectivity index (χ2v) is 3.08. The minimum Gasteiger partial charge on any atom is -0.481 e. The number of hydrogen-bond donors (Lipinski definition) is 1. The number of hydrogen-bond acceptors (Lipinski definition) is 4. The zero-order valence-corrected chi connectivity index (χ0v) is 9.25. The Morgan fingerprint density at radius 1 is 1.35 bits per heavy atom. The van der Waals surface area contributed by atoms with Crippen LogP contribution in [0.3, 0.4) is 0 Å². The van der Waals surface area contributed by atoms with Crippen LogP contribution in [0.15, 0.2) is 30.3 Å². The Labute approximate surface area is 98.3 Å².